The summed E-state index contributed by atoms with van der Waals surface area (Å²) < 4.78 is 32.7. The number of benzene rings is 1. The van der Waals surface area contributed by atoms with Crippen LogP contribution in [0.2, 0.25) is 0 Å². The Morgan fingerprint density at radius 1 is 1.24 bits per heavy atom. The van der Waals surface area contributed by atoms with Crippen LogP contribution in [-0.4, -0.2) is 19.1 Å². The molecule has 1 aromatic rings. The van der Waals surface area contributed by atoms with Gasteiger partial charge in [-0.1, -0.05) is 12.8 Å². The van der Waals surface area contributed by atoms with Gasteiger partial charge in [0, 0.05) is 6.04 Å². The highest BCUT2D eigenvalue weighted by Crippen LogP contribution is 2.44. The molecule has 3 rings (SSSR count). The van der Waals surface area contributed by atoms with Crippen molar-refractivity contribution in [2.45, 2.75) is 38.1 Å². The molecule has 1 N–H and O–H groups in total. The number of hydrogen-bond acceptors (Lipinski definition) is 2. The average molecular weight is 295 g/mol. The predicted molar refractivity (Wildman–Crippen MR) is 74.2 cm³/mol. The lowest BCUT2D eigenvalue weighted by Gasteiger charge is -2.20. The Morgan fingerprint density at radius 2 is 2.05 bits per heavy atom. The molecule has 2 fully saturated rings. The van der Waals surface area contributed by atoms with Gasteiger partial charge < -0.3 is 10.1 Å². The maximum Gasteiger partial charge on any atom is 0.257 e. The van der Waals surface area contributed by atoms with Gasteiger partial charge in [0.05, 0.1) is 7.11 Å². The summed E-state index contributed by atoms with van der Waals surface area (Å²) in [4.78, 5) is 12.3. The Balaban J connectivity index is 1.79. The fraction of sp³-hybridized carbons (Fsp3) is 0.562. The molecule has 0 aliphatic heterocycles. The van der Waals surface area contributed by atoms with E-state index in [0.29, 0.717) is 11.8 Å². The third kappa shape index (κ3) is 2.49. The fourth-order valence-electron chi connectivity index (χ4n) is 3.88. The molecule has 5 heteroatoms. The molecule has 1 aromatic carbocycles. The summed E-state index contributed by atoms with van der Waals surface area (Å²) in [5.74, 6) is -1.46. The first-order valence-corrected chi connectivity index (χ1v) is 7.44. The zero-order valence-electron chi connectivity index (χ0n) is 12.0. The van der Waals surface area contributed by atoms with Crippen LogP contribution < -0.4 is 10.1 Å². The molecule has 0 radical (unpaired) electrons. The Labute approximate surface area is 122 Å². The van der Waals surface area contributed by atoms with Crippen LogP contribution >= 0.6 is 0 Å². The van der Waals surface area contributed by atoms with Crippen molar-refractivity contribution in [2.75, 3.05) is 7.11 Å². The summed E-state index contributed by atoms with van der Waals surface area (Å²) in [6.45, 7) is 0. The van der Waals surface area contributed by atoms with Gasteiger partial charge in [-0.3, -0.25) is 4.79 Å². The number of rotatable bonds is 3. The molecule has 114 valence electrons. The summed E-state index contributed by atoms with van der Waals surface area (Å²) in [7, 11) is 1.29. The van der Waals surface area contributed by atoms with E-state index in [9.17, 15) is 13.6 Å². The van der Waals surface area contributed by atoms with Crippen molar-refractivity contribution >= 4 is 5.91 Å². The van der Waals surface area contributed by atoms with Crippen molar-refractivity contribution in [3.63, 3.8) is 0 Å². The van der Waals surface area contributed by atoms with Crippen LogP contribution in [0.1, 0.15) is 42.5 Å². The van der Waals surface area contributed by atoms with E-state index in [1.165, 1.54) is 26.0 Å². The Morgan fingerprint density at radius 3 is 2.81 bits per heavy atom. The van der Waals surface area contributed by atoms with E-state index in [1.54, 1.807) is 0 Å². The monoisotopic (exact) mass is 295 g/mol. The number of hydrogen-bond donors (Lipinski definition) is 1. The Kier molecular flexibility index (Phi) is 3.83. The number of halogens is 2. The molecule has 0 bridgehead atoms. The van der Waals surface area contributed by atoms with E-state index in [2.05, 4.69) is 5.32 Å². The van der Waals surface area contributed by atoms with E-state index >= 15 is 0 Å². The first kappa shape index (κ1) is 14.3. The SMILES string of the molecule is COc1ccc(F)c(C(=O)N[C@H]2CC[C@@H]3CCC[C@@H]32)c1F. The molecule has 2 saturated carbocycles. The zero-order chi connectivity index (χ0) is 15.0. The Hall–Kier alpha value is -1.65. The normalized spacial score (nSPS) is 27.5. The van der Waals surface area contributed by atoms with Crippen LogP contribution in [0.5, 0.6) is 5.75 Å². The van der Waals surface area contributed by atoms with Gasteiger partial charge in [-0.15, -0.1) is 0 Å². The smallest absolute Gasteiger partial charge is 0.257 e. The standard InChI is InChI=1S/C16H19F2NO2/c1-21-13-8-6-11(17)14(15(13)18)16(20)19-12-7-5-9-3-2-4-10(9)12/h6,8-10,12H,2-5,7H2,1H3,(H,19,20)/t9-,10-,12-/m0/s1. The quantitative estimate of drug-likeness (QED) is 0.929. The van der Waals surface area contributed by atoms with Crippen LogP contribution in [0, 0.1) is 23.5 Å². The number of amides is 1. The van der Waals surface area contributed by atoms with Crippen LogP contribution in [0.3, 0.4) is 0 Å². The van der Waals surface area contributed by atoms with E-state index in [1.807, 2.05) is 0 Å². The molecule has 3 atom stereocenters. The zero-order valence-corrected chi connectivity index (χ0v) is 12.0. The van der Waals surface area contributed by atoms with Gasteiger partial charge in [0.15, 0.2) is 11.6 Å². The lowest BCUT2D eigenvalue weighted by Crippen LogP contribution is -2.38. The number of methoxy groups -OCH3 is 1. The highest BCUT2D eigenvalue weighted by molar-refractivity contribution is 5.95. The van der Waals surface area contributed by atoms with Crippen molar-refractivity contribution < 1.29 is 18.3 Å². The Bertz CT molecular complexity index is 561. The second-order valence-corrected chi connectivity index (χ2v) is 5.95. The highest BCUT2D eigenvalue weighted by atomic mass is 19.1. The topological polar surface area (TPSA) is 38.3 Å². The summed E-state index contributed by atoms with van der Waals surface area (Å²) >= 11 is 0. The molecule has 3 nitrogen and oxygen atoms in total. The first-order chi connectivity index (χ1) is 10.1. The van der Waals surface area contributed by atoms with Gasteiger partial charge in [0.25, 0.3) is 5.91 Å². The molecular formula is C16H19F2NO2. The van der Waals surface area contributed by atoms with Crippen molar-refractivity contribution in [2.24, 2.45) is 11.8 Å². The summed E-state index contributed by atoms with van der Waals surface area (Å²) in [5, 5.41) is 2.83. The number of carbonyl (C=O) groups is 1. The number of carbonyl (C=O) groups excluding carboxylic acids is 1. The van der Waals surface area contributed by atoms with Crippen molar-refractivity contribution in [1.29, 1.82) is 0 Å². The van der Waals surface area contributed by atoms with E-state index in [0.717, 1.165) is 25.3 Å². The number of fused-ring (bicyclic) bond motifs is 1. The van der Waals surface area contributed by atoms with E-state index in [4.69, 9.17) is 4.74 Å². The minimum absolute atomic E-state index is 0.0370. The molecule has 21 heavy (non-hydrogen) atoms. The first-order valence-electron chi connectivity index (χ1n) is 7.44. The van der Waals surface area contributed by atoms with Crippen LogP contribution in [0.25, 0.3) is 0 Å². The third-order valence-corrected chi connectivity index (χ3v) is 4.90. The van der Waals surface area contributed by atoms with E-state index < -0.39 is 23.1 Å². The summed E-state index contributed by atoms with van der Waals surface area (Å²) in [5.41, 5.74) is -0.546. The largest absolute Gasteiger partial charge is 0.494 e. The van der Waals surface area contributed by atoms with Crippen molar-refractivity contribution in [1.82, 2.24) is 5.32 Å². The van der Waals surface area contributed by atoms with Gasteiger partial charge in [-0.2, -0.15) is 0 Å². The maximum atomic E-state index is 14.1. The minimum atomic E-state index is -0.934. The summed E-state index contributed by atoms with van der Waals surface area (Å²) in [6, 6.07) is 2.28. The minimum Gasteiger partial charge on any atom is -0.494 e. The fourth-order valence-corrected chi connectivity index (χ4v) is 3.88. The molecule has 0 saturated heterocycles. The third-order valence-electron chi connectivity index (χ3n) is 4.90. The molecule has 2 aliphatic carbocycles. The highest BCUT2D eigenvalue weighted by Gasteiger charge is 2.40. The molecule has 0 unspecified atom stereocenters. The van der Waals surface area contributed by atoms with Crippen molar-refractivity contribution in [3.8, 4) is 5.75 Å². The van der Waals surface area contributed by atoms with Crippen LogP contribution in [0.4, 0.5) is 8.78 Å². The second-order valence-electron chi connectivity index (χ2n) is 5.95. The van der Waals surface area contributed by atoms with Gasteiger partial charge in [-0.05, 0) is 43.2 Å². The van der Waals surface area contributed by atoms with Crippen LogP contribution in [-0.2, 0) is 0 Å². The maximum absolute atomic E-state index is 14.1. The molecule has 0 aromatic heterocycles. The molecular weight excluding hydrogens is 276 g/mol. The van der Waals surface area contributed by atoms with Crippen molar-refractivity contribution in [3.05, 3.63) is 29.3 Å². The lowest BCUT2D eigenvalue weighted by molar-refractivity contribution is 0.0917. The number of nitrogens with one attached hydrogen (secondary N) is 1. The molecule has 0 heterocycles. The summed E-state index contributed by atoms with van der Waals surface area (Å²) in [6.07, 6.45) is 5.48. The van der Waals surface area contributed by atoms with Crippen LogP contribution in [0.15, 0.2) is 12.1 Å². The lowest BCUT2D eigenvalue weighted by atomic mass is 9.97. The van der Waals surface area contributed by atoms with Gasteiger partial charge in [0.1, 0.15) is 11.4 Å². The number of ether oxygens (including phenoxy) is 1. The van der Waals surface area contributed by atoms with Gasteiger partial charge in [0.2, 0.25) is 0 Å². The second kappa shape index (κ2) is 5.62. The van der Waals surface area contributed by atoms with Gasteiger partial charge in [-0.25, -0.2) is 8.78 Å². The molecule has 1 amide bonds. The van der Waals surface area contributed by atoms with E-state index in [-0.39, 0.29) is 11.8 Å². The molecule has 2 aliphatic rings. The van der Waals surface area contributed by atoms with Gasteiger partial charge >= 0.3 is 0 Å². The predicted octanol–water partition coefficient (Wildman–Crippen LogP) is 3.28. The molecule has 0 spiro atoms. The average Bonchev–Trinajstić information content (AvgIpc) is 3.04.